The van der Waals surface area contributed by atoms with E-state index in [9.17, 15) is 4.79 Å². The first kappa shape index (κ1) is 20.0. The van der Waals surface area contributed by atoms with E-state index in [1.807, 2.05) is 54.6 Å². The van der Waals surface area contributed by atoms with Gasteiger partial charge in [0.05, 0.1) is 16.1 Å². The number of hydrogen-bond acceptors (Lipinski definition) is 3. The van der Waals surface area contributed by atoms with Crippen LogP contribution in [0, 0.1) is 0 Å². The van der Waals surface area contributed by atoms with Crippen LogP contribution in [0.4, 0.5) is 0 Å². The summed E-state index contributed by atoms with van der Waals surface area (Å²) in [4.78, 5) is 18.6. The third-order valence-electron chi connectivity index (χ3n) is 5.11. The van der Waals surface area contributed by atoms with Gasteiger partial charge in [0, 0.05) is 16.8 Å². The second-order valence-corrected chi connectivity index (χ2v) is 8.64. The van der Waals surface area contributed by atoms with Crippen LogP contribution in [0.2, 0.25) is 5.02 Å². The molecule has 1 heterocycles. The van der Waals surface area contributed by atoms with Crippen LogP contribution in [-0.2, 0) is 0 Å². The van der Waals surface area contributed by atoms with Gasteiger partial charge in [0.15, 0.2) is 0 Å². The van der Waals surface area contributed by atoms with Crippen molar-refractivity contribution >= 4 is 40.2 Å². The summed E-state index contributed by atoms with van der Waals surface area (Å²) in [6, 6.07) is 17.3. The topological polar surface area (TPSA) is 42.0 Å². The third-order valence-corrected chi connectivity index (χ3v) is 6.54. The zero-order valence-electron chi connectivity index (χ0n) is 16.2. The van der Waals surface area contributed by atoms with E-state index < -0.39 is 0 Å². The Balaban J connectivity index is 1.56. The summed E-state index contributed by atoms with van der Waals surface area (Å²) in [5, 5.41) is 5.40. The van der Waals surface area contributed by atoms with E-state index in [1.54, 1.807) is 0 Å². The van der Waals surface area contributed by atoms with Crippen molar-refractivity contribution in [1.29, 1.82) is 0 Å². The number of amides is 1. The molecule has 0 saturated carbocycles. The fourth-order valence-corrected chi connectivity index (χ4v) is 4.70. The maximum atomic E-state index is 13.0. The van der Waals surface area contributed by atoms with Crippen LogP contribution in [0.25, 0.3) is 10.9 Å². The first-order valence-corrected chi connectivity index (χ1v) is 11.2. The van der Waals surface area contributed by atoms with Crippen molar-refractivity contribution in [2.24, 2.45) is 0 Å². The van der Waals surface area contributed by atoms with Crippen LogP contribution in [0.3, 0.4) is 0 Å². The van der Waals surface area contributed by atoms with Crippen molar-refractivity contribution in [3.05, 3.63) is 76.8 Å². The molecule has 0 unspecified atom stereocenters. The molecule has 29 heavy (non-hydrogen) atoms. The van der Waals surface area contributed by atoms with Gasteiger partial charge in [-0.2, -0.15) is 0 Å². The van der Waals surface area contributed by atoms with E-state index in [0.29, 0.717) is 17.1 Å². The lowest BCUT2D eigenvalue weighted by atomic mass is 9.97. The van der Waals surface area contributed by atoms with Gasteiger partial charge in [-0.25, -0.2) is 4.98 Å². The second-order valence-electron chi connectivity index (χ2n) is 7.17. The molecule has 3 aromatic rings. The van der Waals surface area contributed by atoms with Crippen LogP contribution in [0.5, 0.6) is 0 Å². The van der Waals surface area contributed by atoms with Gasteiger partial charge in [0.2, 0.25) is 0 Å². The minimum atomic E-state index is -0.0546. The minimum Gasteiger partial charge on any atom is -0.352 e. The average molecular weight is 423 g/mol. The lowest BCUT2D eigenvalue weighted by molar-refractivity contribution is 0.0955. The number of allylic oxidation sites excluding steroid dienone is 1. The second kappa shape index (κ2) is 9.47. The van der Waals surface area contributed by atoms with Gasteiger partial charge in [-0.3, -0.25) is 4.79 Å². The molecule has 2 aromatic carbocycles. The first-order valence-electron chi connectivity index (χ1n) is 9.99. The van der Waals surface area contributed by atoms with Crippen molar-refractivity contribution in [3.8, 4) is 0 Å². The van der Waals surface area contributed by atoms with Gasteiger partial charge in [-0.05, 0) is 56.4 Å². The van der Waals surface area contributed by atoms with Gasteiger partial charge in [0.25, 0.3) is 5.91 Å². The van der Waals surface area contributed by atoms with Gasteiger partial charge < -0.3 is 5.32 Å². The smallest absolute Gasteiger partial charge is 0.252 e. The number of para-hydroxylation sites is 1. The lowest BCUT2D eigenvalue weighted by Crippen LogP contribution is -2.25. The monoisotopic (exact) mass is 422 g/mol. The molecule has 1 N–H and O–H groups in total. The highest BCUT2D eigenvalue weighted by molar-refractivity contribution is 7.99. The normalized spacial score (nSPS) is 13.9. The van der Waals surface area contributed by atoms with E-state index >= 15 is 0 Å². The van der Waals surface area contributed by atoms with Crippen LogP contribution in [0.1, 0.15) is 42.5 Å². The molecule has 1 amide bonds. The highest BCUT2D eigenvalue weighted by Crippen LogP contribution is 2.34. The Morgan fingerprint density at radius 3 is 2.76 bits per heavy atom. The predicted molar refractivity (Wildman–Crippen MR) is 121 cm³/mol. The summed E-state index contributed by atoms with van der Waals surface area (Å²) in [6.07, 6.45) is 8.13. The number of pyridine rings is 1. The average Bonchev–Trinajstić information content (AvgIpc) is 2.75. The molecule has 0 aliphatic heterocycles. The summed E-state index contributed by atoms with van der Waals surface area (Å²) < 4.78 is 0. The molecule has 0 spiro atoms. The molecule has 0 fully saturated rings. The van der Waals surface area contributed by atoms with E-state index in [-0.39, 0.29) is 5.91 Å². The molecule has 1 aliphatic carbocycles. The zero-order valence-corrected chi connectivity index (χ0v) is 17.7. The number of nitrogens with zero attached hydrogens (tertiary/aromatic N) is 1. The van der Waals surface area contributed by atoms with Crippen LogP contribution >= 0.6 is 23.4 Å². The van der Waals surface area contributed by atoms with E-state index in [4.69, 9.17) is 16.6 Å². The van der Waals surface area contributed by atoms with Crippen molar-refractivity contribution in [3.63, 3.8) is 0 Å². The summed E-state index contributed by atoms with van der Waals surface area (Å²) in [6.45, 7) is 0.661. The highest BCUT2D eigenvalue weighted by Gasteiger charge is 2.14. The molecule has 0 atom stereocenters. The van der Waals surface area contributed by atoms with E-state index in [0.717, 1.165) is 33.7 Å². The summed E-state index contributed by atoms with van der Waals surface area (Å²) in [7, 11) is 0. The van der Waals surface area contributed by atoms with E-state index in [1.165, 1.54) is 36.6 Å². The third kappa shape index (κ3) is 5.01. The number of benzene rings is 2. The Morgan fingerprint density at radius 2 is 1.93 bits per heavy atom. The van der Waals surface area contributed by atoms with Crippen LogP contribution in [-0.4, -0.2) is 17.4 Å². The minimum absolute atomic E-state index is 0.0546. The maximum absolute atomic E-state index is 13.0. The number of halogens is 1. The van der Waals surface area contributed by atoms with Gasteiger partial charge in [-0.1, -0.05) is 65.3 Å². The summed E-state index contributed by atoms with van der Waals surface area (Å²) in [5.74, 6) is -0.0546. The Morgan fingerprint density at radius 1 is 1.10 bits per heavy atom. The van der Waals surface area contributed by atoms with E-state index in [2.05, 4.69) is 11.4 Å². The molecule has 1 aromatic heterocycles. The molecule has 0 bridgehead atoms. The molecule has 5 heteroatoms. The zero-order chi connectivity index (χ0) is 20.1. The largest absolute Gasteiger partial charge is 0.352 e. The predicted octanol–water partition coefficient (Wildman–Crippen LogP) is 6.66. The summed E-state index contributed by atoms with van der Waals surface area (Å²) in [5.41, 5.74) is 2.93. The number of rotatable bonds is 6. The molecule has 1 aliphatic rings. The molecule has 148 valence electrons. The van der Waals surface area contributed by atoms with Crippen LogP contribution < -0.4 is 5.32 Å². The number of fused-ring (bicyclic) bond motifs is 1. The maximum Gasteiger partial charge on any atom is 0.252 e. The highest BCUT2D eigenvalue weighted by atomic mass is 35.5. The Hall–Kier alpha value is -2.30. The molecule has 3 nitrogen and oxygen atoms in total. The Labute approximate surface area is 180 Å². The van der Waals surface area contributed by atoms with Gasteiger partial charge in [0.1, 0.15) is 5.03 Å². The molecule has 4 rings (SSSR count). The molecular weight excluding hydrogens is 400 g/mol. The summed E-state index contributed by atoms with van der Waals surface area (Å²) >= 11 is 7.78. The Bertz CT molecular complexity index is 1060. The number of hydrogen-bond donors (Lipinski definition) is 1. The molecule has 0 saturated heterocycles. The number of carbonyl (C=O) groups is 1. The van der Waals surface area contributed by atoms with Crippen molar-refractivity contribution in [2.75, 3.05) is 6.54 Å². The SMILES string of the molecule is O=C(NCCC1=CCCCC1)c1cc(Sc2ccccc2Cl)nc2ccccc12. The first-order chi connectivity index (χ1) is 14.2. The fourth-order valence-electron chi connectivity index (χ4n) is 3.59. The number of carbonyl (C=O) groups excluding carboxylic acids is 1. The Kier molecular flexibility index (Phi) is 6.53. The lowest BCUT2D eigenvalue weighted by Gasteiger charge is -2.14. The van der Waals surface area contributed by atoms with Crippen molar-refractivity contribution < 1.29 is 4.79 Å². The van der Waals surface area contributed by atoms with Crippen LogP contribution in [0.15, 0.2) is 76.2 Å². The number of nitrogens with one attached hydrogen (secondary N) is 1. The molecular formula is C24H23ClN2OS. The van der Waals surface area contributed by atoms with Gasteiger partial charge >= 0.3 is 0 Å². The van der Waals surface area contributed by atoms with Gasteiger partial charge in [-0.15, -0.1) is 0 Å². The fraction of sp³-hybridized carbons (Fsp3) is 0.250. The quantitative estimate of drug-likeness (QED) is 0.451. The standard InChI is InChI=1S/C24H23ClN2OS/c25-20-11-5-7-13-22(20)29-23-16-19(18-10-4-6-12-21(18)27-23)24(28)26-15-14-17-8-2-1-3-9-17/h4-8,10-13,16H,1-3,9,14-15H2,(H,26,28). The molecule has 0 radical (unpaired) electrons. The van der Waals surface area contributed by atoms with Crippen molar-refractivity contribution in [1.82, 2.24) is 10.3 Å². The number of aromatic nitrogens is 1. The van der Waals surface area contributed by atoms with Crippen molar-refractivity contribution in [2.45, 2.75) is 42.0 Å².